The van der Waals surface area contributed by atoms with Gasteiger partial charge in [0.2, 0.25) is 5.78 Å². The number of ketones is 1. The highest BCUT2D eigenvalue weighted by atomic mass is 32.1. The van der Waals surface area contributed by atoms with Crippen LogP contribution in [0.3, 0.4) is 0 Å². The summed E-state index contributed by atoms with van der Waals surface area (Å²) in [6.07, 6.45) is 2.43. The first kappa shape index (κ1) is 13.1. The van der Waals surface area contributed by atoms with Crippen LogP contribution in [0.2, 0.25) is 0 Å². The first-order chi connectivity index (χ1) is 8.02. The maximum Gasteiger partial charge on any atom is 0.203 e. The molecule has 1 aromatic rings. The van der Waals surface area contributed by atoms with Crippen LogP contribution >= 0.6 is 50.5 Å². The fraction of sp³-hybridized carbons (Fsp3) is 0.100. The van der Waals surface area contributed by atoms with Crippen LogP contribution in [-0.4, -0.2) is 24.4 Å². The minimum Gasteiger partial charge on any atom is -0.290 e. The van der Waals surface area contributed by atoms with Gasteiger partial charge in [-0.15, -0.1) is 50.5 Å². The average molecular weight is 299 g/mol. The lowest BCUT2D eigenvalue weighted by Crippen LogP contribution is -2.22. The van der Waals surface area contributed by atoms with Gasteiger partial charge in [0, 0.05) is 25.1 Å². The molecule has 0 atom stereocenters. The van der Waals surface area contributed by atoms with E-state index in [1.54, 1.807) is 6.07 Å². The highest BCUT2D eigenvalue weighted by Crippen LogP contribution is 2.34. The van der Waals surface area contributed by atoms with Gasteiger partial charge in [-0.25, -0.2) is 4.99 Å². The fourth-order valence-electron chi connectivity index (χ4n) is 1.36. The number of aliphatic imine (C=N–C) groups is 2. The van der Waals surface area contributed by atoms with E-state index < -0.39 is 0 Å². The van der Waals surface area contributed by atoms with Crippen molar-refractivity contribution < 1.29 is 4.79 Å². The molecule has 0 saturated heterocycles. The van der Waals surface area contributed by atoms with E-state index >= 15 is 0 Å². The van der Waals surface area contributed by atoms with Gasteiger partial charge in [0.25, 0.3) is 0 Å². The molecule has 87 valence electrons. The Morgan fingerprint density at radius 1 is 1.12 bits per heavy atom. The van der Waals surface area contributed by atoms with Gasteiger partial charge in [0.05, 0.1) is 0 Å². The fourth-order valence-corrected chi connectivity index (χ4v) is 2.47. The number of nitrogens with zero attached hydrogens (tertiary/aromatic N) is 2. The van der Waals surface area contributed by atoms with Crippen molar-refractivity contribution in [3.63, 3.8) is 0 Å². The van der Waals surface area contributed by atoms with Crippen molar-refractivity contribution in [3.8, 4) is 0 Å². The zero-order chi connectivity index (χ0) is 12.6. The lowest BCUT2D eigenvalue weighted by atomic mass is 10.1. The molecule has 1 heterocycles. The Morgan fingerprint density at radius 2 is 1.82 bits per heavy atom. The predicted octanol–water partition coefficient (Wildman–Crippen LogP) is 2.12. The van der Waals surface area contributed by atoms with Gasteiger partial charge in [0.15, 0.2) is 6.34 Å². The van der Waals surface area contributed by atoms with E-state index in [1.165, 1.54) is 0 Å². The third-order valence-electron chi connectivity index (χ3n) is 2.20. The van der Waals surface area contributed by atoms with Crippen LogP contribution in [0.5, 0.6) is 0 Å². The molecule has 1 aromatic carbocycles. The zero-order valence-corrected chi connectivity index (χ0v) is 12.0. The molecule has 0 bridgehead atoms. The molecular weight excluding hydrogens is 292 g/mol. The normalized spacial score (nSPS) is 15.1. The van der Waals surface area contributed by atoms with Crippen molar-refractivity contribution in [2.75, 3.05) is 6.54 Å². The summed E-state index contributed by atoms with van der Waals surface area (Å²) in [6.45, 7) is 0.0541. The molecule has 1 aliphatic heterocycles. The monoisotopic (exact) mass is 299 g/mol. The molecule has 0 fully saturated rings. The molecule has 3 nitrogen and oxygen atoms in total. The number of carbonyl (C=O) groups is 1. The molecule has 17 heavy (non-hydrogen) atoms. The topological polar surface area (TPSA) is 41.8 Å². The molecule has 0 amide bonds. The number of hydrogen-bond acceptors (Lipinski definition) is 7. The van der Waals surface area contributed by atoms with Crippen LogP contribution < -0.4 is 0 Å². The van der Waals surface area contributed by atoms with Crippen molar-refractivity contribution in [3.05, 3.63) is 11.6 Å². The number of benzene rings is 1. The number of carbonyl (C=O) groups excluding carboxylic acids is 1. The highest BCUT2D eigenvalue weighted by Gasteiger charge is 2.21. The summed E-state index contributed by atoms with van der Waals surface area (Å²) in [5.74, 6) is -0.175. The van der Waals surface area contributed by atoms with Crippen LogP contribution in [0.25, 0.3) is 0 Å². The summed E-state index contributed by atoms with van der Waals surface area (Å²) in [7, 11) is 0. The Hall–Kier alpha value is -0.370. The number of hydrogen-bond donors (Lipinski definition) is 4. The molecule has 0 spiro atoms. The maximum absolute atomic E-state index is 11.7. The number of rotatable bonds is 1. The molecule has 7 heteroatoms. The van der Waals surface area contributed by atoms with Gasteiger partial charge in [-0.2, -0.15) is 0 Å². The van der Waals surface area contributed by atoms with Crippen molar-refractivity contribution >= 4 is 68.3 Å². The summed E-state index contributed by atoms with van der Waals surface area (Å²) in [5, 5.41) is 0. The standard InChI is InChI=1S/C10H7N2OS4/c13-5-2-11-3-12-7(5)4-1-6(14)9(16)10(17)8(4)15/h1,14-17H,2H2. The maximum atomic E-state index is 11.7. The number of Topliss-reactive ketones (excluding diaryl/α,β-unsaturated/α-hetero) is 1. The van der Waals surface area contributed by atoms with Gasteiger partial charge >= 0.3 is 0 Å². The van der Waals surface area contributed by atoms with Gasteiger partial charge in [-0.3, -0.25) is 9.79 Å². The molecule has 0 aliphatic carbocycles. The van der Waals surface area contributed by atoms with E-state index in [0.717, 1.165) is 0 Å². The second-order valence-corrected chi connectivity index (χ2v) is 5.11. The van der Waals surface area contributed by atoms with E-state index in [-0.39, 0.29) is 18.0 Å². The quantitative estimate of drug-likeness (QED) is 0.590. The van der Waals surface area contributed by atoms with Gasteiger partial charge in [0.1, 0.15) is 12.3 Å². The second kappa shape index (κ2) is 5.09. The lowest BCUT2D eigenvalue weighted by molar-refractivity contribution is -0.111. The number of thiol groups is 4. The van der Waals surface area contributed by atoms with Crippen molar-refractivity contribution in [2.45, 2.75) is 19.6 Å². The average Bonchev–Trinajstić information content (AvgIpc) is 2.32. The summed E-state index contributed by atoms with van der Waals surface area (Å²) in [5.41, 5.74) is 0.859. The molecule has 1 radical (unpaired) electrons. The van der Waals surface area contributed by atoms with Gasteiger partial charge in [-0.1, -0.05) is 0 Å². The molecule has 1 aliphatic rings. The summed E-state index contributed by atoms with van der Waals surface area (Å²) >= 11 is 17.1. The summed E-state index contributed by atoms with van der Waals surface area (Å²) < 4.78 is 0. The Morgan fingerprint density at radius 3 is 2.47 bits per heavy atom. The van der Waals surface area contributed by atoms with E-state index in [4.69, 9.17) is 0 Å². The Balaban J connectivity index is 2.64. The van der Waals surface area contributed by atoms with Crippen molar-refractivity contribution in [1.82, 2.24) is 0 Å². The third-order valence-corrected chi connectivity index (χ3v) is 4.46. The van der Waals surface area contributed by atoms with Crippen LogP contribution in [-0.2, 0) is 4.79 Å². The van der Waals surface area contributed by atoms with E-state index in [1.807, 2.05) is 0 Å². The van der Waals surface area contributed by atoms with Crippen LogP contribution in [0.1, 0.15) is 5.56 Å². The minimum absolute atomic E-state index is 0.0541. The predicted molar refractivity (Wildman–Crippen MR) is 79.3 cm³/mol. The molecule has 0 aromatic heterocycles. The van der Waals surface area contributed by atoms with E-state index in [9.17, 15) is 4.79 Å². The Bertz CT molecular complexity index is 566. The zero-order valence-electron chi connectivity index (χ0n) is 8.38. The van der Waals surface area contributed by atoms with Gasteiger partial charge in [-0.05, 0) is 6.07 Å². The van der Waals surface area contributed by atoms with Crippen molar-refractivity contribution in [1.29, 1.82) is 0 Å². The summed E-state index contributed by atoms with van der Waals surface area (Å²) in [6, 6.07) is 1.69. The SMILES string of the molecule is O=C1CN=[C]N=C1c1cc(S)c(S)c(S)c1S. The van der Waals surface area contributed by atoms with Crippen LogP contribution in [0.4, 0.5) is 0 Å². The van der Waals surface area contributed by atoms with Crippen molar-refractivity contribution in [2.24, 2.45) is 9.98 Å². The van der Waals surface area contributed by atoms with Gasteiger partial charge < -0.3 is 0 Å². The highest BCUT2D eigenvalue weighted by molar-refractivity contribution is 7.86. The molecule has 0 N–H and O–H groups in total. The van der Waals surface area contributed by atoms with E-state index in [2.05, 4.69) is 66.8 Å². The first-order valence-corrected chi connectivity index (χ1v) is 6.31. The van der Waals surface area contributed by atoms with Crippen LogP contribution in [0, 0.1) is 0 Å². The largest absolute Gasteiger partial charge is 0.290 e. The molecule has 2 rings (SSSR count). The van der Waals surface area contributed by atoms with Crippen LogP contribution in [0.15, 0.2) is 35.6 Å². The minimum atomic E-state index is -0.175. The smallest absolute Gasteiger partial charge is 0.203 e. The Kier molecular flexibility index (Phi) is 3.92. The molecule has 0 saturated carbocycles. The third kappa shape index (κ3) is 2.42. The second-order valence-electron chi connectivity index (χ2n) is 3.29. The lowest BCUT2D eigenvalue weighted by Gasteiger charge is -2.13. The van der Waals surface area contributed by atoms with E-state index in [0.29, 0.717) is 25.1 Å². The summed E-state index contributed by atoms with van der Waals surface area (Å²) in [4.78, 5) is 21.6. The molecule has 0 unspecified atom stereocenters. The first-order valence-electron chi connectivity index (χ1n) is 4.52. The molecular formula is C10H7N2OS4. The Labute approximate surface area is 120 Å².